The van der Waals surface area contributed by atoms with Gasteiger partial charge in [0.05, 0.1) is 5.92 Å². The second kappa shape index (κ2) is 5.90. The van der Waals surface area contributed by atoms with Crippen LogP contribution in [0.15, 0.2) is 30.3 Å². The Hall–Kier alpha value is -1.84. The quantitative estimate of drug-likeness (QED) is 0.769. The fourth-order valence-electron chi connectivity index (χ4n) is 1.56. The summed E-state index contributed by atoms with van der Waals surface area (Å²) < 4.78 is 0. The van der Waals surface area contributed by atoms with Gasteiger partial charge in [-0.1, -0.05) is 30.3 Å². The Bertz CT molecular complexity index is 363. The van der Waals surface area contributed by atoms with Crippen molar-refractivity contribution in [2.24, 2.45) is 5.73 Å². The van der Waals surface area contributed by atoms with Gasteiger partial charge in [-0.2, -0.15) is 0 Å². The molecule has 0 heterocycles. The van der Waals surface area contributed by atoms with Crippen LogP contribution in [0.2, 0.25) is 0 Å². The molecule has 3 N–H and O–H groups in total. The van der Waals surface area contributed by atoms with Crippen molar-refractivity contribution in [3.63, 3.8) is 0 Å². The van der Waals surface area contributed by atoms with E-state index in [1.54, 1.807) is 7.05 Å². The standard InChI is InChI=1S/C12H16N2O2/c1-14-11(15)8-7-10(12(13)16)9-5-3-2-4-6-9/h2-6,10H,7-8H2,1H3,(H2,13,16)(H,14,15). The number of hydrogen-bond acceptors (Lipinski definition) is 2. The van der Waals surface area contributed by atoms with Crippen molar-refractivity contribution in [2.75, 3.05) is 7.05 Å². The van der Waals surface area contributed by atoms with E-state index in [2.05, 4.69) is 5.32 Å². The molecule has 86 valence electrons. The van der Waals surface area contributed by atoms with Crippen LogP contribution in [-0.4, -0.2) is 18.9 Å². The van der Waals surface area contributed by atoms with Gasteiger partial charge in [0.15, 0.2) is 0 Å². The molecule has 0 aliphatic heterocycles. The first-order valence-electron chi connectivity index (χ1n) is 5.20. The van der Waals surface area contributed by atoms with E-state index < -0.39 is 11.8 Å². The lowest BCUT2D eigenvalue weighted by Crippen LogP contribution is -2.24. The topological polar surface area (TPSA) is 72.2 Å². The van der Waals surface area contributed by atoms with Crippen LogP contribution >= 0.6 is 0 Å². The molecule has 1 atom stereocenters. The monoisotopic (exact) mass is 220 g/mol. The highest BCUT2D eigenvalue weighted by Crippen LogP contribution is 2.20. The Kier molecular flexibility index (Phi) is 4.51. The van der Waals surface area contributed by atoms with Crippen molar-refractivity contribution in [2.45, 2.75) is 18.8 Å². The molecule has 0 aliphatic carbocycles. The molecule has 0 spiro atoms. The van der Waals surface area contributed by atoms with E-state index in [0.717, 1.165) is 5.56 Å². The number of primary amides is 1. The minimum Gasteiger partial charge on any atom is -0.369 e. The highest BCUT2D eigenvalue weighted by atomic mass is 16.2. The average molecular weight is 220 g/mol. The zero-order valence-electron chi connectivity index (χ0n) is 9.27. The third-order valence-corrected chi connectivity index (χ3v) is 2.48. The van der Waals surface area contributed by atoms with E-state index in [1.807, 2.05) is 30.3 Å². The molecule has 1 rings (SSSR count). The molecule has 2 amide bonds. The van der Waals surface area contributed by atoms with Gasteiger partial charge < -0.3 is 11.1 Å². The Morgan fingerprint density at radius 2 is 1.94 bits per heavy atom. The van der Waals surface area contributed by atoms with Crippen LogP contribution in [0, 0.1) is 0 Å². The van der Waals surface area contributed by atoms with Crippen molar-refractivity contribution >= 4 is 11.8 Å². The van der Waals surface area contributed by atoms with Crippen LogP contribution in [0.4, 0.5) is 0 Å². The zero-order chi connectivity index (χ0) is 12.0. The molecule has 1 aromatic carbocycles. The summed E-state index contributed by atoms with van der Waals surface area (Å²) in [6.45, 7) is 0. The molecule has 0 saturated carbocycles. The molecular weight excluding hydrogens is 204 g/mol. The predicted molar refractivity (Wildman–Crippen MR) is 61.7 cm³/mol. The number of carbonyl (C=O) groups is 2. The number of rotatable bonds is 5. The summed E-state index contributed by atoms with van der Waals surface area (Å²) in [7, 11) is 1.57. The highest BCUT2D eigenvalue weighted by Gasteiger charge is 2.18. The summed E-state index contributed by atoms with van der Waals surface area (Å²) in [4.78, 5) is 22.4. The van der Waals surface area contributed by atoms with Gasteiger partial charge in [0.2, 0.25) is 11.8 Å². The van der Waals surface area contributed by atoms with Gasteiger partial charge in [-0.05, 0) is 12.0 Å². The van der Waals surface area contributed by atoms with Crippen molar-refractivity contribution in [1.29, 1.82) is 0 Å². The third-order valence-electron chi connectivity index (χ3n) is 2.48. The average Bonchev–Trinajstić information content (AvgIpc) is 2.30. The Labute approximate surface area is 94.8 Å². The molecular formula is C12H16N2O2. The molecule has 4 nitrogen and oxygen atoms in total. The second-order valence-corrected chi connectivity index (χ2v) is 3.58. The molecule has 0 fully saturated rings. The summed E-state index contributed by atoms with van der Waals surface area (Å²) in [5.41, 5.74) is 6.19. The number of carbonyl (C=O) groups excluding carboxylic acids is 2. The summed E-state index contributed by atoms with van der Waals surface area (Å²) in [6, 6.07) is 9.27. The summed E-state index contributed by atoms with van der Waals surface area (Å²) in [5.74, 6) is -0.865. The summed E-state index contributed by atoms with van der Waals surface area (Å²) in [5, 5.41) is 2.52. The lowest BCUT2D eigenvalue weighted by atomic mass is 9.93. The smallest absolute Gasteiger partial charge is 0.224 e. The zero-order valence-corrected chi connectivity index (χ0v) is 9.27. The number of benzene rings is 1. The van der Waals surface area contributed by atoms with Crippen LogP contribution in [0.5, 0.6) is 0 Å². The second-order valence-electron chi connectivity index (χ2n) is 3.58. The van der Waals surface area contributed by atoms with E-state index >= 15 is 0 Å². The molecule has 1 unspecified atom stereocenters. The fraction of sp³-hybridized carbons (Fsp3) is 0.333. The molecule has 4 heteroatoms. The van der Waals surface area contributed by atoms with Gasteiger partial charge in [-0.3, -0.25) is 9.59 Å². The molecule has 0 bridgehead atoms. The largest absolute Gasteiger partial charge is 0.369 e. The SMILES string of the molecule is CNC(=O)CCC(C(N)=O)c1ccccc1. The van der Waals surface area contributed by atoms with Gasteiger partial charge in [0, 0.05) is 13.5 Å². The van der Waals surface area contributed by atoms with Crippen LogP contribution < -0.4 is 11.1 Å². The molecule has 0 radical (unpaired) electrons. The van der Waals surface area contributed by atoms with Crippen molar-refractivity contribution < 1.29 is 9.59 Å². The fourth-order valence-corrected chi connectivity index (χ4v) is 1.56. The lowest BCUT2D eigenvalue weighted by Gasteiger charge is -2.12. The van der Waals surface area contributed by atoms with Gasteiger partial charge >= 0.3 is 0 Å². The summed E-state index contributed by atoms with van der Waals surface area (Å²) in [6.07, 6.45) is 0.748. The first kappa shape index (κ1) is 12.2. The Morgan fingerprint density at radius 3 is 2.44 bits per heavy atom. The number of nitrogens with one attached hydrogen (secondary N) is 1. The minimum atomic E-state index is -0.393. The first-order valence-corrected chi connectivity index (χ1v) is 5.20. The van der Waals surface area contributed by atoms with Crippen molar-refractivity contribution in [1.82, 2.24) is 5.32 Å². The van der Waals surface area contributed by atoms with Gasteiger partial charge in [0.25, 0.3) is 0 Å². The lowest BCUT2D eigenvalue weighted by molar-refractivity contribution is -0.121. The van der Waals surface area contributed by atoms with Crippen LogP contribution in [0.1, 0.15) is 24.3 Å². The van der Waals surface area contributed by atoms with Crippen LogP contribution in [-0.2, 0) is 9.59 Å². The Balaban J connectivity index is 2.69. The van der Waals surface area contributed by atoms with Gasteiger partial charge in [0.1, 0.15) is 0 Å². The van der Waals surface area contributed by atoms with Crippen molar-refractivity contribution in [3.8, 4) is 0 Å². The van der Waals surface area contributed by atoms with E-state index in [0.29, 0.717) is 12.8 Å². The van der Waals surface area contributed by atoms with E-state index in [1.165, 1.54) is 0 Å². The van der Waals surface area contributed by atoms with E-state index in [9.17, 15) is 9.59 Å². The van der Waals surface area contributed by atoms with Gasteiger partial charge in [-0.15, -0.1) is 0 Å². The summed E-state index contributed by atoms with van der Waals surface area (Å²) >= 11 is 0. The maximum Gasteiger partial charge on any atom is 0.224 e. The number of hydrogen-bond donors (Lipinski definition) is 2. The molecule has 16 heavy (non-hydrogen) atoms. The highest BCUT2D eigenvalue weighted by molar-refractivity contribution is 5.83. The third kappa shape index (κ3) is 3.38. The molecule has 0 saturated heterocycles. The first-order chi connectivity index (χ1) is 7.65. The van der Waals surface area contributed by atoms with Crippen LogP contribution in [0.25, 0.3) is 0 Å². The molecule has 1 aromatic rings. The minimum absolute atomic E-state index is 0.0813. The number of nitrogens with two attached hydrogens (primary N) is 1. The Morgan fingerprint density at radius 1 is 1.31 bits per heavy atom. The van der Waals surface area contributed by atoms with E-state index in [4.69, 9.17) is 5.73 Å². The molecule has 0 aromatic heterocycles. The van der Waals surface area contributed by atoms with Gasteiger partial charge in [-0.25, -0.2) is 0 Å². The normalized spacial score (nSPS) is 11.8. The van der Waals surface area contributed by atoms with Crippen molar-refractivity contribution in [3.05, 3.63) is 35.9 Å². The van der Waals surface area contributed by atoms with Crippen LogP contribution in [0.3, 0.4) is 0 Å². The predicted octanol–water partition coefficient (Wildman–Crippen LogP) is 0.782. The maximum absolute atomic E-state index is 11.3. The number of amides is 2. The molecule has 0 aliphatic rings. The maximum atomic E-state index is 11.3. The van der Waals surface area contributed by atoms with E-state index in [-0.39, 0.29) is 5.91 Å².